The number of aliphatic carboxylic acids is 2. The van der Waals surface area contributed by atoms with Gasteiger partial charge in [-0.15, -0.1) is 0 Å². The molecule has 0 aliphatic carbocycles. The van der Waals surface area contributed by atoms with Crippen molar-refractivity contribution >= 4 is 11.9 Å². The van der Waals surface area contributed by atoms with E-state index in [2.05, 4.69) is 5.73 Å². The third-order valence-corrected chi connectivity index (χ3v) is 0.784. The summed E-state index contributed by atoms with van der Waals surface area (Å²) in [6.45, 7) is -0.0972. The summed E-state index contributed by atoms with van der Waals surface area (Å²) in [5, 5.41) is 15.8. The van der Waals surface area contributed by atoms with Gasteiger partial charge in [0, 0.05) is 0 Å². The number of nitrogens with zero attached hydrogens (tertiary/aromatic N) is 1. The van der Waals surface area contributed by atoms with Gasteiger partial charge in [0.1, 0.15) is 0 Å². The van der Waals surface area contributed by atoms with E-state index in [4.69, 9.17) is 10.2 Å². The van der Waals surface area contributed by atoms with Crippen LogP contribution >= 0.6 is 0 Å². The summed E-state index contributed by atoms with van der Waals surface area (Å²) in [6.07, 6.45) is 0. The maximum Gasteiger partial charge on any atom is 0.359 e. The number of rotatable bonds is 3. The summed E-state index contributed by atoms with van der Waals surface area (Å²) in [5.41, 5.74) is 4.57. The van der Waals surface area contributed by atoms with Crippen molar-refractivity contribution in [1.29, 1.82) is 0 Å². The monoisotopic (exact) mass is 193 g/mol. The normalized spacial score (nSPS) is 9.85. The molecule has 0 aromatic carbocycles. The highest BCUT2D eigenvalue weighted by Crippen LogP contribution is 1.86. The first-order valence-corrected chi connectivity index (χ1v) is 3.63. The van der Waals surface area contributed by atoms with E-state index in [1.807, 2.05) is 21.1 Å². The van der Waals surface area contributed by atoms with Crippen LogP contribution in [0.15, 0.2) is 0 Å². The lowest BCUT2D eigenvalue weighted by Crippen LogP contribution is -2.39. The Bertz CT molecular complexity index is 174. The molecule has 0 rings (SSSR count). The minimum atomic E-state index is -0.968. The SMILES string of the molecule is C[N+](C)(C)CC(=O)O.NCC(=O)O. The Morgan fingerprint density at radius 3 is 1.46 bits per heavy atom. The molecule has 0 fully saturated rings. The van der Waals surface area contributed by atoms with Crippen LogP contribution in [0.2, 0.25) is 0 Å². The van der Waals surface area contributed by atoms with Gasteiger partial charge in [-0.2, -0.15) is 0 Å². The molecule has 6 nitrogen and oxygen atoms in total. The lowest BCUT2D eigenvalue weighted by Gasteiger charge is -2.20. The topological polar surface area (TPSA) is 101 Å². The van der Waals surface area contributed by atoms with Crippen molar-refractivity contribution in [3.8, 4) is 0 Å². The van der Waals surface area contributed by atoms with Crippen LogP contribution in [-0.4, -0.2) is 60.9 Å². The van der Waals surface area contributed by atoms with Crippen LogP contribution < -0.4 is 5.73 Å². The van der Waals surface area contributed by atoms with Gasteiger partial charge in [-0.1, -0.05) is 0 Å². The fraction of sp³-hybridized carbons (Fsp3) is 0.714. The van der Waals surface area contributed by atoms with Gasteiger partial charge >= 0.3 is 11.9 Å². The molecule has 0 unspecified atom stereocenters. The van der Waals surface area contributed by atoms with E-state index in [1.54, 1.807) is 0 Å². The molecule has 0 saturated heterocycles. The highest BCUT2D eigenvalue weighted by atomic mass is 16.4. The molecule has 0 radical (unpaired) electrons. The Labute approximate surface area is 77.2 Å². The average molecular weight is 193 g/mol. The highest BCUT2D eigenvalue weighted by molar-refractivity contribution is 5.68. The summed E-state index contributed by atoms with van der Waals surface area (Å²) in [5.74, 6) is -1.72. The number of hydrogen-bond donors (Lipinski definition) is 3. The molecule has 0 heterocycles. The molecular weight excluding hydrogens is 176 g/mol. The van der Waals surface area contributed by atoms with Crippen molar-refractivity contribution in [3.63, 3.8) is 0 Å². The molecule has 0 aromatic heterocycles. The Balaban J connectivity index is 0. The average Bonchev–Trinajstić information content (AvgIpc) is 1.83. The smallest absolute Gasteiger partial charge is 0.359 e. The van der Waals surface area contributed by atoms with Gasteiger partial charge in [-0.3, -0.25) is 4.79 Å². The second kappa shape index (κ2) is 6.38. The molecule has 0 aliphatic heterocycles. The molecule has 0 aromatic rings. The molecule has 0 spiro atoms. The zero-order valence-corrected chi connectivity index (χ0v) is 8.15. The predicted molar refractivity (Wildman–Crippen MR) is 47.2 cm³/mol. The zero-order valence-electron chi connectivity index (χ0n) is 8.15. The predicted octanol–water partition coefficient (Wildman–Crippen LogP) is -1.19. The van der Waals surface area contributed by atoms with E-state index in [0.717, 1.165) is 0 Å². The van der Waals surface area contributed by atoms with E-state index in [1.165, 1.54) is 0 Å². The van der Waals surface area contributed by atoms with E-state index in [-0.39, 0.29) is 13.1 Å². The number of quaternary nitrogens is 1. The molecule has 0 saturated carbocycles. The van der Waals surface area contributed by atoms with Crippen LogP contribution in [-0.2, 0) is 9.59 Å². The van der Waals surface area contributed by atoms with Gasteiger partial charge in [0.05, 0.1) is 27.7 Å². The zero-order chi connectivity index (χ0) is 11.1. The maximum absolute atomic E-state index is 10.00. The van der Waals surface area contributed by atoms with Crippen molar-refractivity contribution in [1.82, 2.24) is 0 Å². The number of carboxylic acids is 2. The molecular formula is C7H17N2O4+. The number of carboxylic acid groups (broad SMARTS) is 2. The molecule has 6 heteroatoms. The van der Waals surface area contributed by atoms with Crippen molar-refractivity contribution in [2.75, 3.05) is 34.2 Å². The number of hydrogen-bond acceptors (Lipinski definition) is 3. The number of nitrogens with two attached hydrogens (primary N) is 1. The van der Waals surface area contributed by atoms with Crippen LogP contribution in [0.25, 0.3) is 0 Å². The Morgan fingerprint density at radius 1 is 1.15 bits per heavy atom. The van der Waals surface area contributed by atoms with Crippen LogP contribution in [0.1, 0.15) is 0 Å². The molecule has 0 aliphatic rings. The van der Waals surface area contributed by atoms with E-state index >= 15 is 0 Å². The molecule has 0 atom stereocenters. The number of likely N-dealkylation sites (N-methyl/N-ethyl adjacent to an activating group) is 1. The lowest BCUT2D eigenvalue weighted by atomic mass is 10.5. The van der Waals surface area contributed by atoms with E-state index in [9.17, 15) is 9.59 Å². The molecule has 0 amide bonds. The Morgan fingerprint density at radius 2 is 1.46 bits per heavy atom. The van der Waals surface area contributed by atoms with Crippen molar-refractivity contribution < 1.29 is 24.3 Å². The Kier molecular flexibility index (Phi) is 7.07. The Hall–Kier alpha value is -1.14. The van der Waals surface area contributed by atoms with Crippen LogP contribution in [0, 0.1) is 0 Å². The molecule has 78 valence electrons. The van der Waals surface area contributed by atoms with Crippen molar-refractivity contribution in [2.24, 2.45) is 5.73 Å². The standard InChI is InChI=1S/C5H11NO2.C2H5NO2/c1-6(2,3)4-5(7)8;3-1-2(4)5/h4H2,1-3H3;1,3H2,(H,4,5)/p+1. The molecule has 13 heavy (non-hydrogen) atoms. The first-order valence-electron chi connectivity index (χ1n) is 3.63. The van der Waals surface area contributed by atoms with Gasteiger partial charge in [0.25, 0.3) is 0 Å². The second-order valence-electron chi connectivity index (χ2n) is 3.44. The van der Waals surface area contributed by atoms with Crippen molar-refractivity contribution in [3.05, 3.63) is 0 Å². The van der Waals surface area contributed by atoms with Gasteiger partial charge in [0.2, 0.25) is 0 Å². The van der Waals surface area contributed by atoms with Gasteiger partial charge in [0.15, 0.2) is 6.54 Å². The largest absolute Gasteiger partial charge is 0.480 e. The quantitative estimate of drug-likeness (QED) is 0.489. The van der Waals surface area contributed by atoms with E-state index < -0.39 is 11.9 Å². The minimum Gasteiger partial charge on any atom is -0.480 e. The first-order chi connectivity index (χ1) is 5.69. The molecule has 0 bridgehead atoms. The van der Waals surface area contributed by atoms with Crippen LogP contribution in [0.3, 0.4) is 0 Å². The van der Waals surface area contributed by atoms with Gasteiger partial charge in [-0.05, 0) is 0 Å². The van der Waals surface area contributed by atoms with Crippen molar-refractivity contribution in [2.45, 2.75) is 0 Å². The fourth-order valence-corrected chi connectivity index (χ4v) is 0.406. The van der Waals surface area contributed by atoms with E-state index in [0.29, 0.717) is 4.48 Å². The van der Waals surface area contributed by atoms with Crippen LogP contribution in [0.5, 0.6) is 0 Å². The summed E-state index contributed by atoms with van der Waals surface area (Å²) in [6, 6.07) is 0. The second-order valence-corrected chi connectivity index (χ2v) is 3.44. The third-order valence-electron chi connectivity index (χ3n) is 0.784. The summed E-state index contributed by atoms with van der Waals surface area (Å²) in [4.78, 5) is 19.2. The van der Waals surface area contributed by atoms with Crippen LogP contribution in [0.4, 0.5) is 0 Å². The summed E-state index contributed by atoms with van der Waals surface area (Å²) >= 11 is 0. The van der Waals surface area contributed by atoms with Gasteiger partial charge in [-0.25, -0.2) is 4.79 Å². The first kappa shape index (κ1) is 14.4. The summed E-state index contributed by atoms with van der Waals surface area (Å²) < 4.78 is 0.481. The fourth-order valence-electron chi connectivity index (χ4n) is 0.406. The third kappa shape index (κ3) is 24.8. The minimum absolute atomic E-state index is 0.181. The molecule has 4 N–H and O–H groups in total. The maximum atomic E-state index is 10.00. The number of carbonyl (C=O) groups is 2. The summed E-state index contributed by atoms with van der Waals surface area (Å²) in [7, 11) is 5.52. The lowest BCUT2D eigenvalue weighted by molar-refractivity contribution is -0.862. The van der Waals surface area contributed by atoms with Gasteiger partial charge < -0.3 is 20.4 Å². The highest BCUT2D eigenvalue weighted by Gasteiger charge is 2.11.